The normalized spacial score (nSPS) is 14.8. The molecular formula is C23H22F3N3OS. The summed E-state index contributed by atoms with van der Waals surface area (Å²) in [5, 5.41) is 1.91. The minimum atomic E-state index is -4.36. The third-order valence-corrected chi connectivity index (χ3v) is 6.31. The van der Waals surface area contributed by atoms with Gasteiger partial charge in [0.15, 0.2) is 0 Å². The molecule has 0 atom stereocenters. The smallest absolute Gasteiger partial charge is 0.368 e. The van der Waals surface area contributed by atoms with Gasteiger partial charge in [-0.15, -0.1) is 0 Å². The van der Waals surface area contributed by atoms with Crippen LogP contribution >= 0.6 is 11.8 Å². The van der Waals surface area contributed by atoms with Crippen molar-refractivity contribution >= 4 is 34.3 Å². The van der Waals surface area contributed by atoms with Crippen molar-refractivity contribution < 1.29 is 18.0 Å². The highest BCUT2D eigenvalue weighted by atomic mass is 32.2. The number of anilines is 1. The van der Waals surface area contributed by atoms with Gasteiger partial charge in [-0.3, -0.25) is 4.79 Å². The van der Waals surface area contributed by atoms with Gasteiger partial charge in [0, 0.05) is 37.3 Å². The van der Waals surface area contributed by atoms with Crippen LogP contribution in [0.2, 0.25) is 0 Å². The van der Waals surface area contributed by atoms with Crippen LogP contribution in [0.15, 0.2) is 59.6 Å². The van der Waals surface area contributed by atoms with E-state index in [1.54, 1.807) is 11.0 Å². The number of para-hydroxylation sites is 1. The summed E-state index contributed by atoms with van der Waals surface area (Å²) < 4.78 is 38.9. The SMILES string of the molecule is Cc1cc(SCC(=O)N2CCN(c3cccc(C(F)(F)F)c3)CC2)nc2ccccc12. The van der Waals surface area contributed by atoms with Crippen LogP contribution in [0, 0.1) is 6.92 Å². The molecule has 3 aromatic rings. The first-order chi connectivity index (χ1) is 14.8. The lowest BCUT2D eigenvalue weighted by atomic mass is 10.1. The lowest BCUT2D eigenvalue weighted by Crippen LogP contribution is -2.49. The molecule has 0 N–H and O–H groups in total. The second-order valence-electron chi connectivity index (χ2n) is 7.50. The fourth-order valence-corrected chi connectivity index (χ4v) is 4.59. The summed E-state index contributed by atoms with van der Waals surface area (Å²) in [6.07, 6.45) is -4.36. The highest BCUT2D eigenvalue weighted by Crippen LogP contribution is 2.32. The summed E-state index contributed by atoms with van der Waals surface area (Å²) in [5.74, 6) is 0.301. The number of aryl methyl sites for hydroxylation is 1. The molecule has 162 valence electrons. The van der Waals surface area contributed by atoms with E-state index in [2.05, 4.69) is 4.98 Å². The van der Waals surface area contributed by atoms with Crippen LogP contribution in [0.5, 0.6) is 0 Å². The molecule has 8 heteroatoms. The third kappa shape index (κ3) is 4.95. The van der Waals surface area contributed by atoms with Gasteiger partial charge in [-0.2, -0.15) is 13.2 Å². The van der Waals surface area contributed by atoms with Gasteiger partial charge in [-0.25, -0.2) is 4.98 Å². The zero-order valence-electron chi connectivity index (χ0n) is 17.0. The number of thioether (sulfide) groups is 1. The zero-order chi connectivity index (χ0) is 22.0. The molecule has 31 heavy (non-hydrogen) atoms. The molecule has 4 nitrogen and oxygen atoms in total. The molecule has 0 aliphatic carbocycles. The third-order valence-electron chi connectivity index (χ3n) is 5.41. The number of carbonyl (C=O) groups excluding carboxylic acids is 1. The van der Waals surface area contributed by atoms with Crippen LogP contribution in [0.4, 0.5) is 18.9 Å². The number of benzene rings is 2. The van der Waals surface area contributed by atoms with Crippen LogP contribution < -0.4 is 4.90 Å². The molecule has 1 aromatic heterocycles. The van der Waals surface area contributed by atoms with Crippen LogP contribution in [0.1, 0.15) is 11.1 Å². The van der Waals surface area contributed by atoms with E-state index >= 15 is 0 Å². The molecule has 0 radical (unpaired) electrons. The average molecular weight is 446 g/mol. The molecule has 0 unspecified atom stereocenters. The summed E-state index contributed by atoms with van der Waals surface area (Å²) >= 11 is 1.41. The van der Waals surface area contributed by atoms with Crippen molar-refractivity contribution in [1.82, 2.24) is 9.88 Å². The maximum absolute atomic E-state index is 13.0. The molecule has 0 saturated carbocycles. The standard InChI is InChI=1S/C23H22F3N3OS/c1-16-13-21(27-20-8-3-2-7-19(16)20)31-15-22(30)29-11-9-28(10-12-29)18-6-4-5-17(14-18)23(24,25)26/h2-8,13-14H,9-12,15H2,1H3. The van der Waals surface area contributed by atoms with E-state index in [0.29, 0.717) is 31.9 Å². The number of pyridine rings is 1. The summed E-state index contributed by atoms with van der Waals surface area (Å²) in [5.41, 5.74) is 1.91. The van der Waals surface area contributed by atoms with Gasteiger partial charge in [-0.05, 0) is 42.8 Å². The Morgan fingerprint density at radius 2 is 1.77 bits per heavy atom. The average Bonchev–Trinajstić information content (AvgIpc) is 2.77. The number of aromatic nitrogens is 1. The van der Waals surface area contributed by atoms with Gasteiger partial charge in [0.1, 0.15) is 0 Å². The Labute approximate surface area is 183 Å². The number of rotatable bonds is 4. The van der Waals surface area contributed by atoms with Crippen LogP contribution in [-0.4, -0.2) is 47.7 Å². The minimum Gasteiger partial charge on any atom is -0.368 e. The molecule has 1 saturated heterocycles. The number of hydrogen-bond donors (Lipinski definition) is 0. The van der Waals surface area contributed by atoms with E-state index in [0.717, 1.165) is 27.6 Å². The fourth-order valence-electron chi connectivity index (χ4n) is 3.71. The number of hydrogen-bond acceptors (Lipinski definition) is 4. The Balaban J connectivity index is 1.34. The van der Waals surface area contributed by atoms with E-state index in [9.17, 15) is 18.0 Å². The Kier molecular flexibility index (Phi) is 6.09. The van der Waals surface area contributed by atoms with Crippen molar-refractivity contribution in [3.63, 3.8) is 0 Å². The predicted octanol–water partition coefficient (Wildman–Crippen LogP) is 5.00. The summed E-state index contributed by atoms with van der Waals surface area (Å²) in [4.78, 5) is 20.9. The lowest BCUT2D eigenvalue weighted by molar-refractivity contribution is -0.137. The summed E-state index contributed by atoms with van der Waals surface area (Å²) in [7, 11) is 0. The molecular weight excluding hydrogens is 423 g/mol. The number of fused-ring (bicyclic) bond motifs is 1. The Morgan fingerprint density at radius 1 is 1.03 bits per heavy atom. The van der Waals surface area contributed by atoms with Crippen LogP contribution in [-0.2, 0) is 11.0 Å². The largest absolute Gasteiger partial charge is 0.416 e. The number of nitrogens with zero attached hydrogens (tertiary/aromatic N) is 3. The van der Waals surface area contributed by atoms with Crippen LogP contribution in [0.3, 0.4) is 0 Å². The zero-order valence-corrected chi connectivity index (χ0v) is 17.8. The van der Waals surface area contributed by atoms with Crippen molar-refractivity contribution in [3.8, 4) is 0 Å². The van der Waals surface area contributed by atoms with Gasteiger partial charge >= 0.3 is 6.18 Å². The summed E-state index contributed by atoms with van der Waals surface area (Å²) in [6, 6.07) is 15.2. The van der Waals surface area contributed by atoms with E-state index in [-0.39, 0.29) is 11.7 Å². The van der Waals surface area contributed by atoms with Crippen molar-refractivity contribution in [1.29, 1.82) is 0 Å². The monoisotopic (exact) mass is 445 g/mol. The maximum Gasteiger partial charge on any atom is 0.416 e. The number of carbonyl (C=O) groups is 1. The van der Waals surface area contributed by atoms with Crippen molar-refractivity contribution in [2.45, 2.75) is 18.1 Å². The van der Waals surface area contributed by atoms with Gasteiger partial charge in [0.25, 0.3) is 0 Å². The van der Waals surface area contributed by atoms with E-state index in [1.807, 2.05) is 42.2 Å². The molecule has 1 aliphatic heterocycles. The van der Waals surface area contributed by atoms with Gasteiger partial charge < -0.3 is 9.80 Å². The second kappa shape index (κ2) is 8.78. The first kappa shape index (κ1) is 21.5. The van der Waals surface area contributed by atoms with E-state index in [1.165, 1.54) is 23.9 Å². The Hall–Kier alpha value is -2.74. The number of amides is 1. The molecule has 1 amide bonds. The first-order valence-electron chi connectivity index (χ1n) is 10.0. The molecule has 1 fully saturated rings. The Bertz CT molecular complexity index is 1090. The second-order valence-corrected chi connectivity index (χ2v) is 8.49. The predicted molar refractivity (Wildman–Crippen MR) is 117 cm³/mol. The van der Waals surface area contributed by atoms with Crippen LogP contribution in [0.25, 0.3) is 10.9 Å². The van der Waals surface area contributed by atoms with Gasteiger partial charge in [0.2, 0.25) is 5.91 Å². The van der Waals surface area contributed by atoms with Gasteiger partial charge in [0.05, 0.1) is 21.9 Å². The highest BCUT2D eigenvalue weighted by Gasteiger charge is 2.31. The van der Waals surface area contributed by atoms with E-state index < -0.39 is 11.7 Å². The van der Waals surface area contributed by atoms with E-state index in [4.69, 9.17) is 0 Å². The lowest BCUT2D eigenvalue weighted by Gasteiger charge is -2.36. The van der Waals surface area contributed by atoms with Crippen molar-refractivity contribution in [2.24, 2.45) is 0 Å². The minimum absolute atomic E-state index is 0.0151. The Morgan fingerprint density at radius 3 is 2.52 bits per heavy atom. The van der Waals surface area contributed by atoms with Crippen molar-refractivity contribution in [2.75, 3.05) is 36.8 Å². The molecule has 1 aliphatic rings. The first-order valence-corrected chi connectivity index (χ1v) is 11.0. The maximum atomic E-state index is 13.0. The summed E-state index contributed by atoms with van der Waals surface area (Å²) in [6.45, 7) is 4.01. The molecule has 2 aromatic carbocycles. The molecule has 0 bridgehead atoms. The number of piperazine rings is 1. The quantitative estimate of drug-likeness (QED) is 0.530. The fraction of sp³-hybridized carbons (Fsp3) is 0.304. The molecule has 2 heterocycles. The molecule has 4 rings (SSSR count). The topological polar surface area (TPSA) is 36.4 Å². The number of halogens is 3. The highest BCUT2D eigenvalue weighted by molar-refractivity contribution is 7.99. The molecule has 0 spiro atoms. The number of alkyl halides is 3. The van der Waals surface area contributed by atoms with Gasteiger partial charge in [-0.1, -0.05) is 36.0 Å². The van der Waals surface area contributed by atoms with Crippen molar-refractivity contribution in [3.05, 3.63) is 65.7 Å².